The molecule has 2 fully saturated rings. The van der Waals surface area contributed by atoms with Crippen LogP contribution in [0.15, 0.2) is 0 Å². The van der Waals surface area contributed by atoms with E-state index in [1.807, 2.05) is 0 Å². The molecule has 16 heavy (non-hydrogen) atoms. The van der Waals surface area contributed by atoms with Gasteiger partial charge in [0.05, 0.1) is 0 Å². The van der Waals surface area contributed by atoms with Crippen LogP contribution in [-0.4, -0.2) is 23.8 Å². The Balaban J connectivity index is 2.04. The van der Waals surface area contributed by atoms with E-state index in [1.165, 1.54) is 19.3 Å². The van der Waals surface area contributed by atoms with Gasteiger partial charge in [-0.1, -0.05) is 20.8 Å². The van der Waals surface area contributed by atoms with Crippen LogP contribution in [0.1, 0.15) is 53.4 Å². The number of nitrogens with one attached hydrogen (secondary N) is 1. The van der Waals surface area contributed by atoms with Gasteiger partial charge in [-0.25, -0.2) is 0 Å². The Morgan fingerprint density at radius 1 is 1.38 bits per heavy atom. The Labute approximate surface area is 99.8 Å². The molecule has 94 valence electrons. The van der Waals surface area contributed by atoms with Crippen LogP contribution in [-0.2, 0) is 0 Å². The summed E-state index contributed by atoms with van der Waals surface area (Å²) in [6.07, 6.45) is 4.99. The van der Waals surface area contributed by atoms with Crippen LogP contribution in [0.3, 0.4) is 0 Å². The van der Waals surface area contributed by atoms with Gasteiger partial charge >= 0.3 is 0 Å². The molecule has 0 saturated heterocycles. The monoisotopic (exact) mass is 225 g/mol. The lowest BCUT2D eigenvalue weighted by atomic mass is 9.69. The minimum atomic E-state index is 0.296. The quantitative estimate of drug-likeness (QED) is 0.770. The van der Waals surface area contributed by atoms with Gasteiger partial charge in [-0.05, 0) is 49.4 Å². The van der Waals surface area contributed by atoms with Crippen LogP contribution >= 0.6 is 0 Å². The van der Waals surface area contributed by atoms with Crippen molar-refractivity contribution in [3.63, 3.8) is 0 Å². The third kappa shape index (κ3) is 1.62. The maximum atomic E-state index is 8.97. The van der Waals surface area contributed by atoms with E-state index in [1.54, 1.807) is 0 Å². The Kier molecular flexibility index (Phi) is 3.09. The molecule has 2 saturated carbocycles. The van der Waals surface area contributed by atoms with E-state index in [9.17, 15) is 0 Å². The third-order valence-electron chi connectivity index (χ3n) is 5.84. The zero-order valence-corrected chi connectivity index (χ0v) is 11.2. The molecule has 2 aliphatic rings. The van der Waals surface area contributed by atoms with Crippen molar-refractivity contribution in [1.29, 1.82) is 0 Å². The first-order valence-electron chi connectivity index (χ1n) is 6.78. The van der Waals surface area contributed by atoms with Crippen LogP contribution in [0.25, 0.3) is 0 Å². The van der Waals surface area contributed by atoms with Crippen LogP contribution in [0.2, 0.25) is 0 Å². The van der Waals surface area contributed by atoms with Crippen LogP contribution in [0.4, 0.5) is 0 Å². The summed E-state index contributed by atoms with van der Waals surface area (Å²) in [7, 11) is 0. The molecular weight excluding hydrogens is 198 g/mol. The fourth-order valence-corrected chi connectivity index (χ4v) is 4.08. The van der Waals surface area contributed by atoms with Gasteiger partial charge in [0.1, 0.15) is 0 Å². The average Bonchev–Trinajstić information content (AvgIpc) is 2.51. The van der Waals surface area contributed by atoms with Crippen molar-refractivity contribution in [2.24, 2.45) is 16.7 Å². The second-order valence-electron chi connectivity index (χ2n) is 6.74. The minimum absolute atomic E-state index is 0.296. The first-order valence-corrected chi connectivity index (χ1v) is 6.78. The molecule has 0 aromatic carbocycles. The highest BCUT2D eigenvalue weighted by atomic mass is 16.3. The normalized spacial score (nSPS) is 42.6. The molecular formula is C14H27NO. The van der Waals surface area contributed by atoms with Gasteiger partial charge in [0, 0.05) is 18.7 Å². The lowest BCUT2D eigenvalue weighted by Crippen LogP contribution is -2.47. The van der Waals surface area contributed by atoms with Crippen LogP contribution in [0, 0.1) is 16.7 Å². The molecule has 4 atom stereocenters. The highest BCUT2D eigenvalue weighted by Gasteiger charge is 2.61. The molecule has 0 aromatic heterocycles. The minimum Gasteiger partial charge on any atom is -0.396 e. The predicted molar refractivity (Wildman–Crippen MR) is 67.3 cm³/mol. The molecule has 0 aliphatic heterocycles. The van der Waals surface area contributed by atoms with E-state index in [2.05, 4.69) is 33.0 Å². The maximum Gasteiger partial charge on any atom is 0.0445 e. The summed E-state index contributed by atoms with van der Waals surface area (Å²) in [6, 6.07) is 1.10. The van der Waals surface area contributed by atoms with E-state index >= 15 is 0 Å². The highest BCUT2D eigenvalue weighted by Crippen LogP contribution is 2.65. The van der Waals surface area contributed by atoms with Crippen molar-refractivity contribution >= 4 is 0 Å². The van der Waals surface area contributed by atoms with Crippen molar-refractivity contribution in [1.82, 2.24) is 5.32 Å². The summed E-state index contributed by atoms with van der Waals surface area (Å²) in [5.74, 6) is 0.899. The molecule has 2 rings (SSSR count). The fraction of sp³-hybridized carbons (Fsp3) is 1.00. The number of hydrogen-bond donors (Lipinski definition) is 2. The lowest BCUT2D eigenvalue weighted by molar-refractivity contribution is 0.113. The fourth-order valence-electron chi connectivity index (χ4n) is 4.08. The van der Waals surface area contributed by atoms with Gasteiger partial charge in [-0.3, -0.25) is 0 Å². The molecule has 2 heteroatoms. The standard InChI is InChI=1S/C14H27NO/c1-10(6-8-16)15-12-9-11-5-7-14(12,4)13(11,2)3/h10-12,15-16H,5-9H2,1-4H3/t10-,11?,12?,14?/m1/s1. The molecule has 3 unspecified atom stereocenters. The van der Waals surface area contributed by atoms with E-state index in [0.717, 1.165) is 12.3 Å². The van der Waals surface area contributed by atoms with Crippen molar-refractivity contribution in [2.45, 2.75) is 65.5 Å². The van der Waals surface area contributed by atoms with Gasteiger partial charge in [-0.2, -0.15) is 0 Å². The number of hydrogen-bond acceptors (Lipinski definition) is 2. The van der Waals surface area contributed by atoms with Crippen molar-refractivity contribution in [2.75, 3.05) is 6.61 Å². The second kappa shape index (κ2) is 3.99. The van der Waals surface area contributed by atoms with Crippen molar-refractivity contribution in [3.8, 4) is 0 Å². The summed E-state index contributed by atoms with van der Waals surface area (Å²) < 4.78 is 0. The molecule has 0 heterocycles. The molecule has 0 amide bonds. The molecule has 2 aliphatic carbocycles. The Hall–Kier alpha value is -0.0800. The van der Waals surface area contributed by atoms with Gasteiger partial charge in [0.2, 0.25) is 0 Å². The third-order valence-corrected chi connectivity index (χ3v) is 5.84. The number of aliphatic hydroxyl groups is 1. The van der Waals surface area contributed by atoms with E-state index in [4.69, 9.17) is 5.11 Å². The summed E-state index contributed by atoms with van der Waals surface area (Å²) in [4.78, 5) is 0. The summed E-state index contributed by atoms with van der Waals surface area (Å²) in [5, 5.41) is 12.7. The SMILES string of the molecule is C[C@H](CCO)NC1CC2CCC1(C)C2(C)C. The number of rotatable bonds is 4. The summed E-state index contributed by atoms with van der Waals surface area (Å²) >= 11 is 0. The Morgan fingerprint density at radius 3 is 2.50 bits per heavy atom. The first kappa shape index (κ1) is 12.4. The smallest absolute Gasteiger partial charge is 0.0445 e. The van der Waals surface area contributed by atoms with Gasteiger partial charge in [0.25, 0.3) is 0 Å². The topological polar surface area (TPSA) is 32.3 Å². The largest absolute Gasteiger partial charge is 0.396 e. The first-order chi connectivity index (χ1) is 7.41. The summed E-state index contributed by atoms with van der Waals surface area (Å²) in [6.45, 7) is 9.85. The van der Waals surface area contributed by atoms with Crippen LogP contribution < -0.4 is 5.32 Å². The van der Waals surface area contributed by atoms with E-state index < -0.39 is 0 Å². The number of aliphatic hydroxyl groups excluding tert-OH is 1. The molecule has 2 bridgehead atoms. The molecule has 0 aromatic rings. The Bertz CT molecular complexity index is 263. The lowest BCUT2D eigenvalue weighted by Gasteiger charge is -2.40. The summed E-state index contributed by atoms with van der Waals surface area (Å²) in [5.41, 5.74) is 0.949. The van der Waals surface area contributed by atoms with Crippen molar-refractivity contribution < 1.29 is 5.11 Å². The Morgan fingerprint density at radius 2 is 2.06 bits per heavy atom. The molecule has 2 nitrogen and oxygen atoms in total. The zero-order chi connectivity index (χ0) is 12.0. The zero-order valence-electron chi connectivity index (χ0n) is 11.2. The average molecular weight is 225 g/mol. The van der Waals surface area contributed by atoms with E-state index in [0.29, 0.717) is 29.5 Å². The van der Waals surface area contributed by atoms with Gasteiger partial charge in [0.15, 0.2) is 0 Å². The second-order valence-corrected chi connectivity index (χ2v) is 6.74. The predicted octanol–water partition coefficient (Wildman–Crippen LogP) is 2.56. The van der Waals surface area contributed by atoms with Crippen LogP contribution in [0.5, 0.6) is 0 Å². The molecule has 0 spiro atoms. The molecule has 2 N–H and O–H groups in total. The van der Waals surface area contributed by atoms with Gasteiger partial charge in [-0.15, -0.1) is 0 Å². The van der Waals surface area contributed by atoms with Gasteiger partial charge < -0.3 is 10.4 Å². The molecule has 0 radical (unpaired) electrons. The van der Waals surface area contributed by atoms with Crippen molar-refractivity contribution in [3.05, 3.63) is 0 Å². The maximum absolute atomic E-state index is 8.97. The highest BCUT2D eigenvalue weighted by molar-refractivity contribution is 5.13. The van der Waals surface area contributed by atoms with E-state index in [-0.39, 0.29) is 0 Å². The number of fused-ring (bicyclic) bond motifs is 2.